The molecule has 0 aromatic heterocycles. The van der Waals surface area contributed by atoms with Crippen LogP contribution in [0.15, 0.2) is 0 Å². The van der Waals surface area contributed by atoms with Crippen LogP contribution >= 0.6 is 0 Å². The first-order valence-corrected chi connectivity index (χ1v) is 9.03. The van der Waals surface area contributed by atoms with Crippen molar-refractivity contribution >= 4 is 11.6 Å². The standard InChI is InChI=1S/C19H28O2/c1-18-9-3-4-13(18)12-5-6-15-17(21)16(20)8-11-19(15,2)14(12)7-10-18/h12-15H,3-11H2,1-2H3/t12-,13-,14-,15-,18-,19+/m0/s1. The van der Waals surface area contributed by atoms with E-state index in [9.17, 15) is 9.59 Å². The SMILES string of the molecule is C[C@@]12CCC[C@H]1[C@@H]1CC[C@H]3C(=O)C(=O)CC[C@]3(C)[C@H]1CC2. The summed E-state index contributed by atoms with van der Waals surface area (Å²) in [5.41, 5.74) is 0.705. The molecule has 4 aliphatic carbocycles. The van der Waals surface area contributed by atoms with Crippen LogP contribution in [0.2, 0.25) is 0 Å². The van der Waals surface area contributed by atoms with Gasteiger partial charge in [-0.3, -0.25) is 9.59 Å². The van der Waals surface area contributed by atoms with Crippen molar-refractivity contribution in [2.75, 3.05) is 0 Å². The highest BCUT2D eigenvalue weighted by atomic mass is 16.2. The molecule has 0 heterocycles. The van der Waals surface area contributed by atoms with E-state index in [2.05, 4.69) is 13.8 Å². The van der Waals surface area contributed by atoms with Crippen molar-refractivity contribution in [3.05, 3.63) is 0 Å². The molecule has 0 aromatic carbocycles. The van der Waals surface area contributed by atoms with Crippen LogP contribution in [-0.4, -0.2) is 11.6 Å². The second-order valence-corrected chi connectivity index (χ2v) is 8.88. The molecule has 0 saturated heterocycles. The first kappa shape index (κ1) is 14.0. The second kappa shape index (κ2) is 4.43. The van der Waals surface area contributed by atoms with Crippen LogP contribution < -0.4 is 0 Å². The molecule has 2 nitrogen and oxygen atoms in total. The predicted molar refractivity (Wildman–Crippen MR) is 81.7 cm³/mol. The molecule has 0 aromatic rings. The fraction of sp³-hybridized carbons (Fsp3) is 0.895. The summed E-state index contributed by atoms with van der Waals surface area (Å²) >= 11 is 0. The Morgan fingerprint density at radius 2 is 1.71 bits per heavy atom. The lowest BCUT2D eigenvalue weighted by atomic mass is 9.45. The smallest absolute Gasteiger partial charge is 0.201 e. The number of hydrogen-bond donors (Lipinski definition) is 0. The molecule has 21 heavy (non-hydrogen) atoms. The lowest BCUT2D eigenvalue weighted by Gasteiger charge is -2.59. The van der Waals surface area contributed by atoms with Crippen LogP contribution in [0, 0.1) is 34.5 Å². The van der Waals surface area contributed by atoms with Gasteiger partial charge in [-0.2, -0.15) is 0 Å². The number of hydrogen-bond acceptors (Lipinski definition) is 2. The van der Waals surface area contributed by atoms with Crippen LogP contribution in [0.1, 0.15) is 71.6 Å². The topological polar surface area (TPSA) is 34.1 Å². The van der Waals surface area contributed by atoms with Crippen molar-refractivity contribution in [2.45, 2.75) is 71.6 Å². The van der Waals surface area contributed by atoms with Gasteiger partial charge < -0.3 is 0 Å². The predicted octanol–water partition coefficient (Wildman–Crippen LogP) is 4.17. The minimum atomic E-state index is -0.0857. The average molecular weight is 288 g/mol. The van der Waals surface area contributed by atoms with Crippen LogP contribution in [0.3, 0.4) is 0 Å². The summed E-state index contributed by atoms with van der Waals surface area (Å²) in [5, 5.41) is 0. The maximum absolute atomic E-state index is 12.4. The molecule has 0 unspecified atom stereocenters. The zero-order valence-electron chi connectivity index (χ0n) is 13.5. The van der Waals surface area contributed by atoms with Crippen molar-refractivity contribution < 1.29 is 9.59 Å². The summed E-state index contributed by atoms with van der Waals surface area (Å²) in [6.07, 6.45) is 10.5. The van der Waals surface area contributed by atoms with Crippen molar-refractivity contribution in [3.8, 4) is 0 Å². The molecule has 4 rings (SSSR count). The Bertz CT molecular complexity index is 496. The lowest BCUT2D eigenvalue weighted by Crippen LogP contribution is -2.55. The maximum Gasteiger partial charge on any atom is 0.201 e. The van der Waals surface area contributed by atoms with Crippen molar-refractivity contribution in [2.24, 2.45) is 34.5 Å². The fourth-order valence-corrected chi connectivity index (χ4v) is 6.94. The van der Waals surface area contributed by atoms with E-state index in [-0.39, 0.29) is 22.9 Å². The molecule has 0 amide bonds. The molecule has 6 atom stereocenters. The summed E-state index contributed by atoms with van der Waals surface area (Å²) in [5.74, 6) is 2.35. The molecule has 4 saturated carbocycles. The van der Waals surface area contributed by atoms with E-state index in [4.69, 9.17) is 0 Å². The number of rotatable bonds is 0. The molecule has 0 bridgehead atoms. The number of carbonyl (C=O) groups is 2. The van der Waals surface area contributed by atoms with E-state index in [1.165, 1.54) is 38.5 Å². The number of fused-ring (bicyclic) bond motifs is 5. The molecule has 0 N–H and O–H groups in total. The van der Waals surface area contributed by atoms with Crippen LogP contribution in [-0.2, 0) is 9.59 Å². The third-order valence-corrected chi connectivity index (χ3v) is 8.13. The van der Waals surface area contributed by atoms with E-state index in [1.54, 1.807) is 0 Å². The van der Waals surface area contributed by atoms with Gasteiger partial charge in [-0.15, -0.1) is 0 Å². The Kier molecular flexibility index (Phi) is 2.94. The van der Waals surface area contributed by atoms with Gasteiger partial charge in [-0.05, 0) is 73.5 Å². The highest BCUT2D eigenvalue weighted by Gasteiger charge is 2.59. The summed E-state index contributed by atoms with van der Waals surface area (Å²) in [7, 11) is 0. The van der Waals surface area contributed by atoms with Gasteiger partial charge in [-0.1, -0.05) is 20.3 Å². The Morgan fingerprint density at radius 1 is 0.905 bits per heavy atom. The van der Waals surface area contributed by atoms with Gasteiger partial charge in [0.15, 0.2) is 5.78 Å². The number of carbonyl (C=O) groups excluding carboxylic acids is 2. The van der Waals surface area contributed by atoms with E-state index < -0.39 is 0 Å². The normalized spacial score (nSPS) is 53.0. The zero-order chi connectivity index (χ0) is 14.8. The Morgan fingerprint density at radius 3 is 2.52 bits per heavy atom. The van der Waals surface area contributed by atoms with Crippen molar-refractivity contribution in [1.29, 1.82) is 0 Å². The fourth-order valence-electron chi connectivity index (χ4n) is 6.94. The largest absolute Gasteiger partial charge is 0.291 e. The Balaban J connectivity index is 1.67. The number of ketones is 2. The highest BCUT2D eigenvalue weighted by Crippen LogP contribution is 2.65. The summed E-state index contributed by atoms with van der Waals surface area (Å²) in [6, 6.07) is 0. The van der Waals surface area contributed by atoms with Crippen LogP contribution in [0.25, 0.3) is 0 Å². The average Bonchev–Trinajstić information content (AvgIpc) is 2.85. The van der Waals surface area contributed by atoms with Gasteiger partial charge in [0.1, 0.15) is 0 Å². The first-order valence-electron chi connectivity index (χ1n) is 9.03. The summed E-state index contributed by atoms with van der Waals surface area (Å²) in [4.78, 5) is 24.2. The lowest BCUT2D eigenvalue weighted by molar-refractivity contribution is -0.157. The zero-order valence-corrected chi connectivity index (χ0v) is 13.5. The Labute approximate surface area is 128 Å². The minimum absolute atomic E-state index is 0.0260. The third-order valence-electron chi connectivity index (χ3n) is 8.13. The monoisotopic (exact) mass is 288 g/mol. The highest BCUT2D eigenvalue weighted by molar-refractivity contribution is 6.38. The molecule has 4 fully saturated rings. The Hall–Kier alpha value is -0.660. The molecule has 0 spiro atoms. The van der Waals surface area contributed by atoms with Gasteiger partial charge in [0.05, 0.1) is 0 Å². The summed E-state index contributed by atoms with van der Waals surface area (Å²) < 4.78 is 0. The first-order chi connectivity index (χ1) is 9.96. The third kappa shape index (κ3) is 1.77. The molecular weight excluding hydrogens is 260 g/mol. The molecule has 0 aliphatic heterocycles. The molecule has 4 aliphatic rings. The van der Waals surface area contributed by atoms with Gasteiger partial charge >= 0.3 is 0 Å². The molecule has 2 heteroatoms. The summed E-state index contributed by atoms with van der Waals surface area (Å²) in [6.45, 7) is 4.86. The van der Waals surface area contributed by atoms with Crippen molar-refractivity contribution in [1.82, 2.24) is 0 Å². The van der Waals surface area contributed by atoms with Gasteiger partial charge in [0.25, 0.3) is 0 Å². The van der Waals surface area contributed by atoms with E-state index in [0.717, 1.165) is 24.7 Å². The number of Topliss-reactive ketones (excluding diaryl/α,β-unsaturated/α-hetero) is 2. The van der Waals surface area contributed by atoms with Crippen LogP contribution in [0.5, 0.6) is 0 Å². The van der Waals surface area contributed by atoms with Gasteiger partial charge in [0, 0.05) is 12.3 Å². The van der Waals surface area contributed by atoms with Gasteiger partial charge in [0.2, 0.25) is 5.78 Å². The van der Waals surface area contributed by atoms with Crippen LogP contribution in [0.4, 0.5) is 0 Å². The second-order valence-electron chi connectivity index (χ2n) is 8.88. The molecular formula is C19H28O2. The van der Waals surface area contributed by atoms with E-state index in [0.29, 0.717) is 17.8 Å². The molecule has 116 valence electrons. The minimum Gasteiger partial charge on any atom is -0.291 e. The maximum atomic E-state index is 12.4. The van der Waals surface area contributed by atoms with Gasteiger partial charge in [-0.25, -0.2) is 0 Å². The quantitative estimate of drug-likeness (QED) is 0.627. The molecule has 0 radical (unpaired) electrons. The van der Waals surface area contributed by atoms with E-state index >= 15 is 0 Å². The van der Waals surface area contributed by atoms with E-state index in [1.807, 2.05) is 0 Å². The van der Waals surface area contributed by atoms with Crippen molar-refractivity contribution in [3.63, 3.8) is 0 Å².